The highest BCUT2D eigenvalue weighted by Crippen LogP contribution is 2.19. The summed E-state index contributed by atoms with van der Waals surface area (Å²) in [6.45, 7) is 0. The minimum absolute atomic E-state index is 0.255. The van der Waals surface area contributed by atoms with Crippen LogP contribution >= 0.6 is 0 Å². The third-order valence-electron chi connectivity index (χ3n) is 3.47. The summed E-state index contributed by atoms with van der Waals surface area (Å²) < 4.78 is 19.8. The molecule has 0 aliphatic heterocycles. The van der Waals surface area contributed by atoms with Crippen molar-refractivity contribution in [3.63, 3.8) is 0 Å². The maximum Gasteiger partial charge on any atom is 0.186 e. The lowest BCUT2D eigenvalue weighted by Gasteiger charge is -2.08. The largest absolute Gasteiger partial charge is 0.497 e. The molecule has 3 aromatic rings. The molecule has 23 heavy (non-hydrogen) atoms. The first-order valence-corrected chi connectivity index (χ1v) is 6.95. The molecule has 0 unspecified atom stereocenters. The Labute approximate surface area is 132 Å². The fourth-order valence-electron chi connectivity index (χ4n) is 2.27. The summed E-state index contributed by atoms with van der Waals surface area (Å²) in [7, 11) is 1.60. The Morgan fingerprint density at radius 1 is 1.13 bits per heavy atom. The molecule has 0 saturated heterocycles. The number of benzene rings is 2. The van der Waals surface area contributed by atoms with Crippen molar-refractivity contribution in [2.75, 3.05) is 7.11 Å². The molecule has 0 N–H and O–H groups in total. The average Bonchev–Trinajstić information content (AvgIpc) is 2.99. The predicted molar refractivity (Wildman–Crippen MR) is 81.8 cm³/mol. The quantitative estimate of drug-likeness (QED) is 0.743. The van der Waals surface area contributed by atoms with Crippen LogP contribution in [0.15, 0.2) is 48.5 Å². The molecule has 0 radical (unpaired) electrons. The van der Waals surface area contributed by atoms with Gasteiger partial charge in [-0.15, -0.1) is 5.10 Å². The number of aromatic nitrogens is 3. The fraction of sp³-hybridized carbons (Fsp3) is 0.118. The minimum Gasteiger partial charge on any atom is -0.497 e. The number of nitrogens with zero attached hydrogens (tertiary/aromatic N) is 4. The Morgan fingerprint density at radius 2 is 1.83 bits per heavy atom. The Morgan fingerprint density at radius 3 is 2.43 bits per heavy atom. The SMILES string of the molecule is COc1ccc(-n2nnc(C#N)c2Cc2ccc(F)cc2)cc1. The first kappa shape index (κ1) is 14.7. The van der Waals surface area contributed by atoms with Gasteiger partial charge in [-0.2, -0.15) is 5.26 Å². The Bertz CT molecular complexity index is 848. The molecule has 3 rings (SSSR count). The van der Waals surface area contributed by atoms with Crippen LogP contribution in [0, 0.1) is 17.1 Å². The standard InChI is InChI=1S/C17H13FN4O/c1-23-15-8-6-14(7-9-15)22-17(16(11-19)20-21-22)10-12-2-4-13(18)5-3-12/h2-9H,10H2,1H3. The van der Waals surface area contributed by atoms with E-state index in [9.17, 15) is 9.65 Å². The van der Waals surface area contributed by atoms with Gasteiger partial charge >= 0.3 is 0 Å². The highest BCUT2D eigenvalue weighted by Gasteiger charge is 2.14. The van der Waals surface area contributed by atoms with Gasteiger partial charge in [0.05, 0.1) is 18.5 Å². The van der Waals surface area contributed by atoms with Crippen LogP contribution < -0.4 is 4.74 Å². The van der Waals surface area contributed by atoms with Gasteiger partial charge in [0.15, 0.2) is 5.69 Å². The van der Waals surface area contributed by atoms with Gasteiger partial charge < -0.3 is 4.74 Å². The monoisotopic (exact) mass is 308 g/mol. The minimum atomic E-state index is -0.295. The van der Waals surface area contributed by atoms with Crippen LogP contribution in [-0.4, -0.2) is 22.1 Å². The van der Waals surface area contributed by atoms with Crippen molar-refractivity contribution in [3.05, 3.63) is 71.3 Å². The van der Waals surface area contributed by atoms with E-state index in [1.807, 2.05) is 30.3 Å². The zero-order valence-electron chi connectivity index (χ0n) is 12.4. The lowest BCUT2D eigenvalue weighted by atomic mass is 10.1. The van der Waals surface area contributed by atoms with E-state index in [1.54, 1.807) is 23.9 Å². The van der Waals surface area contributed by atoms with E-state index in [2.05, 4.69) is 10.3 Å². The summed E-state index contributed by atoms with van der Waals surface area (Å²) in [5.74, 6) is 0.436. The first-order chi connectivity index (χ1) is 11.2. The van der Waals surface area contributed by atoms with Gasteiger partial charge in [-0.3, -0.25) is 0 Å². The van der Waals surface area contributed by atoms with Gasteiger partial charge in [-0.1, -0.05) is 17.3 Å². The summed E-state index contributed by atoms with van der Waals surface area (Å²) >= 11 is 0. The highest BCUT2D eigenvalue weighted by molar-refractivity contribution is 5.41. The van der Waals surface area contributed by atoms with Gasteiger partial charge in [0.2, 0.25) is 0 Å². The van der Waals surface area contributed by atoms with E-state index in [1.165, 1.54) is 12.1 Å². The van der Waals surface area contributed by atoms with Crippen LogP contribution in [0.1, 0.15) is 17.0 Å². The molecule has 114 valence electrons. The van der Waals surface area contributed by atoms with Crippen molar-refractivity contribution in [1.29, 1.82) is 5.26 Å². The van der Waals surface area contributed by atoms with Crippen LogP contribution in [0.3, 0.4) is 0 Å². The summed E-state index contributed by atoms with van der Waals surface area (Å²) in [5, 5.41) is 17.2. The van der Waals surface area contributed by atoms with E-state index >= 15 is 0 Å². The Hall–Kier alpha value is -3.20. The maximum atomic E-state index is 13.0. The van der Waals surface area contributed by atoms with Crippen molar-refractivity contribution in [1.82, 2.24) is 15.0 Å². The van der Waals surface area contributed by atoms with Crippen LogP contribution in [0.2, 0.25) is 0 Å². The van der Waals surface area contributed by atoms with E-state index in [0.29, 0.717) is 12.1 Å². The number of methoxy groups -OCH3 is 1. The number of hydrogen-bond acceptors (Lipinski definition) is 4. The number of halogens is 1. The van der Waals surface area contributed by atoms with Gasteiger partial charge in [-0.05, 0) is 42.0 Å². The summed E-state index contributed by atoms with van der Waals surface area (Å²) in [6.07, 6.45) is 0.433. The van der Waals surface area contributed by atoms with Gasteiger partial charge in [0, 0.05) is 6.42 Å². The lowest BCUT2D eigenvalue weighted by Crippen LogP contribution is -2.04. The highest BCUT2D eigenvalue weighted by atomic mass is 19.1. The zero-order valence-corrected chi connectivity index (χ0v) is 12.4. The van der Waals surface area contributed by atoms with Crippen LogP contribution in [0.5, 0.6) is 5.75 Å². The molecule has 0 fully saturated rings. The van der Waals surface area contributed by atoms with E-state index < -0.39 is 0 Å². The lowest BCUT2D eigenvalue weighted by molar-refractivity contribution is 0.414. The van der Waals surface area contributed by atoms with Crippen molar-refractivity contribution < 1.29 is 9.13 Å². The number of nitriles is 1. The predicted octanol–water partition coefficient (Wildman–Crippen LogP) is 2.88. The molecule has 0 aliphatic carbocycles. The smallest absolute Gasteiger partial charge is 0.186 e. The molecule has 1 aromatic heterocycles. The molecule has 0 spiro atoms. The molecule has 0 saturated carbocycles. The van der Waals surface area contributed by atoms with E-state index in [4.69, 9.17) is 4.74 Å². The average molecular weight is 308 g/mol. The Balaban J connectivity index is 1.99. The summed E-state index contributed by atoms with van der Waals surface area (Å²) in [5.41, 5.74) is 2.56. The third kappa shape index (κ3) is 3.04. The van der Waals surface area contributed by atoms with E-state index in [-0.39, 0.29) is 11.5 Å². The molecule has 0 atom stereocenters. The van der Waals surface area contributed by atoms with Crippen molar-refractivity contribution in [2.45, 2.75) is 6.42 Å². The Kier molecular flexibility index (Phi) is 4.02. The molecule has 0 amide bonds. The van der Waals surface area contributed by atoms with Crippen molar-refractivity contribution in [3.8, 4) is 17.5 Å². The van der Waals surface area contributed by atoms with Crippen LogP contribution in [0.25, 0.3) is 5.69 Å². The molecule has 0 bridgehead atoms. The second-order valence-corrected chi connectivity index (χ2v) is 4.91. The van der Waals surface area contributed by atoms with Gasteiger partial charge in [0.1, 0.15) is 17.6 Å². The normalized spacial score (nSPS) is 10.3. The summed E-state index contributed by atoms with van der Waals surface area (Å²) in [6, 6.07) is 15.5. The van der Waals surface area contributed by atoms with Crippen molar-refractivity contribution >= 4 is 0 Å². The fourth-order valence-corrected chi connectivity index (χ4v) is 2.27. The van der Waals surface area contributed by atoms with Crippen LogP contribution in [-0.2, 0) is 6.42 Å². The molecule has 0 aliphatic rings. The number of ether oxygens (including phenoxy) is 1. The molecular formula is C17H13FN4O. The second kappa shape index (κ2) is 6.28. The molecule has 6 heteroatoms. The maximum absolute atomic E-state index is 13.0. The number of hydrogen-bond donors (Lipinski definition) is 0. The van der Waals surface area contributed by atoms with Gasteiger partial charge in [-0.25, -0.2) is 9.07 Å². The van der Waals surface area contributed by atoms with Crippen LogP contribution in [0.4, 0.5) is 4.39 Å². The number of rotatable bonds is 4. The van der Waals surface area contributed by atoms with Gasteiger partial charge in [0.25, 0.3) is 0 Å². The topological polar surface area (TPSA) is 63.7 Å². The zero-order chi connectivity index (χ0) is 16.2. The first-order valence-electron chi connectivity index (χ1n) is 6.95. The molecule has 5 nitrogen and oxygen atoms in total. The second-order valence-electron chi connectivity index (χ2n) is 4.91. The van der Waals surface area contributed by atoms with E-state index in [0.717, 1.165) is 17.0 Å². The third-order valence-corrected chi connectivity index (χ3v) is 3.47. The molecular weight excluding hydrogens is 295 g/mol. The van der Waals surface area contributed by atoms with Crippen molar-refractivity contribution in [2.24, 2.45) is 0 Å². The summed E-state index contributed by atoms with van der Waals surface area (Å²) in [4.78, 5) is 0. The molecule has 2 aromatic carbocycles. The molecule has 1 heterocycles.